The monoisotopic (exact) mass is 412 g/mol. The van der Waals surface area contributed by atoms with Crippen molar-refractivity contribution in [3.8, 4) is 11.5 Å². The zero-order valence-electron chi connectivity index (χ0n) is 17.8. The van der Waals surface area contributed by atoms with Crippen LogP contribution in [0.1, 0.15) is 35.3 Å². The average molecular weight is 413 g/mol. The van der Waals surface area contributed by atoms with Gasteiger partial charge >= 0.3 is 0 Å². The molecule has 1 aliphatic rings. The first-order valence-corrected chi connectivity index (χ1v) is 10.4. The standard InChI is InChI=1S/C23H29N3O4/c1-4-29-20-12-16-9-10-26(14-18(16)13-21(20)30-5-2)15-22(27)25-19-8-6-7-17(11-19)23(28)24-3/h6-8,11-13H,4-5,9-10,14-15H2,1-3H3,(H,24,28)(H,25,27)/p+1. The van der Waals surface area contributed by atoms with Crippen LogP contribution in [-0.4, -0.2) is 45.2 Å². The summed E-state index contributed by atoms with van der Waals surface area (Å²) in [7, 11) is 1.58. The third-order valence-electron chi connectivity index (χ3n) is 5.10. The van der Waals surface area contributed by atoms with E-state index in [9.17, 15) is 9.59 Å². The number of benzene rings is 2. The molecule has 1 atom stereocenters. The Bertz CT molecular complexity index is 913. The Morgan fingerprint density at radius 2 is 1.73 bits per heavy atom. The van der Waals surface area contributed by atoms with E-state index in [4.69, 9.17) is 9.47 Å². The summed E-state index contributed by atoms with van der Waals surface area (Å²) in [6.07, 6.45) is 0.885. The van der Waals surface area contributed by atoms with Crippen LogP contribution in [0, 0.1) is 0 Å². The molecule has 0 aromatic heterocycles. The molecule has 3 rings (SSSR count). The van der Waals surface area contributed by atoms with Crippen LogP contribution >= 0.6 is 0 Å². The first-order valence-electron chi connectivity index (χ1n) is 10.4. The smallest absolute Gasteiger partial charge is 0.279 e. The molecular weight excluding hydrogens is 382 g/mol. The molecule has 2 amide bonds. The van der Waals surface area contributed by atoms with Crippen LogP contribution in [0.3, 0.4) is 0 Å². The van der Waals surface area contributed by atoms with Gasteiger partial charge in [0.1, 0.15) is 6.54 Å². The topological polar surface area (TPSA) is 81.1 Å². The second-order valence-electron chi connectivity index (χ2n) is 7.25. The van der Waals surface area contributed by atoms with Crippen LogP contribution < -0.4 is 25.0 Å². The number of hydrogen-bond donors (Lipinski definition) is 3. The third-order valence-corrected chi connectivity index (χ3v) is 5.10. The lowest BCUT2D eigenvalue weighted by Crippen LogP contribution is -3.12. The number of carbonyl (C=O) groups excluding carboxylic acids is 2. The van der Waals surface area contributed by atoms with E-state index in [1.807, 2.05) is 19.9 Å². The number of fused-ring (bicyclic) bond motifs is 1. The van der Waals surface area contributed by atoms with E-state index < -0.39 is 0 Å². The van der Waals surface area contributed by atoms with Gasteiger partial charge in [-0.05, 0) is 49.7 Å². The molecule has 1 unspecified atom stereocenters. The molecular formula is C23H30N3O4+. The Labute approximate surface area is 177 Å². The highest BCUT2D eigenvalue weighted by Crippen LogP contribution is 2.32. The molecule has 7 heteroatoms. The molecule has 0 aliphatic carbocycles. The summed E-state index contributed by atoms with van der Waals surface area (Å²) >= 11 is 0. The Morgan fingerprint density at radius 3 is 2.40 bits per heavy atom. The van der Waals surface area contributed by atoms with Crippen molar-refractivity contribution in [2.24, 2.45) is 0 Å². The zero-order chi connectivity index (χ0) is 21.5. The fourth-order valence-corrected chi connectivity index (χ4v) is 3.71. The second kappa shape index (κ2) is 10.1. The molecule has 7 nitrogen and oxygen atoms in total. The molecule has 0 fully saturated rings. The summed E-state index contributed by atoms with van der Waals surface area (Å²) in [6.45, 7) is 7.08. The van der Waals surface area contributed by atoms with Crippen LogP contribution in [0.5, 0.6) is 11.5 Å². The average Bonchev–Trinajstić information content (AvgIpc) is 2.74. The highest BCUT2D eigenvalue weighted by molar-refractivity contribution is 5.97. The maximum atomic E-state index is 12.6. The van der Waals surface area contributed by atoms with Crippen molar-refractivity contribution in [3.05, 3.63) is 53.1 Å². The van der Waals surface area contributed by atoms with E-state index in [1.165, 1.54) is 16.0 Å². The minimum Gasteiger partial charge on any atom is -0.490 e. The molecule has 2 aromatic rings. The highest BCUT2D eigenvalue weighted by atomic mass is 16.5. The minimum absolute atomic E-state index is 0.0709. The predicted molar refractivity (Wildman–Crippen MR) is 115 cm³/mol. The molecule has 0 saturated heterocycles. The zero-order valence-corrected chi connectivity index (χ0v) is 17.8. The summed E-state index contributed by atoms with van der Waals surface area (Å²) in [6, 6.07) is 11.1. The molecule has 0 saturated carbocycles. The van der Waals surface area contributed by atoms with Gasteiger partial charge in [0, 0.05) is 30.3 Å². The number of quaternary nitrogens is 1. The fourth-order valence-electron chi connectivity index (χ4n) is 3.71. The molecule has 160 valence electrons. The van der Waals surface area contributed by atoms with E-state index in [0.717, 1.165) is 31.0 Å². The van der Waals surface area contributed by atoms with Crippen LogP contribution in [0.15, 0.2) is 36.4 Å². The Hall–Kier alpha value is -3.06. The number of anilines is 1. The number of carbonyl (C=O) groups is 2. The minimum atomic E-state index is -0.180. The summed E-state index contributed by atoms with van der Waals surface area (Å²) in [5.41, 5.74) is 3.59. The van der Waals surface area contributed by atoms with Gasteiger partial charge in [-0.2, -0.15) is 0 Å². The fraction of sp³-hybridized carbons (Fsp3) is 0.391. The maximum absolute atomic E-state index is 12.6. The molecule has 30 heavy (non-hydrogen) atoms. The van der Waals surface area contributed by atoms with Crippen molar-refractivity contribution >= 4 is 17.5 Å². The molecule has 1 aliphatic heterocycles. The van der Waals surface area contributed by atoms with Crippen molar-refractivity contribution in [3.63, 3.8) is 0 Å². The molecule has 1 heterocycles. The first-order chi connectivity index (χ1) is 14.5. The van der Waals surface area contributed by atoms with E-state index in [0.29, 0.717) is 31.0 Å². The third kappa shape index (κ3) is 5.30. The van der Waals surface area contributed by atoms with Crippen molar-refractivity contribution < 1.29 is 24.0 Å². The van der Waals surface area contributed by atoms with Gasteiger partial charge in [-0.1, -0.05) is 6.07 Å². The van der Waals surface area contributed by atoms with Crippen LogP contribution in [0.25, 0.3) is 0 Å². The Kier molecular flexibility index (Phi) is 7.30. The SMILES string of the molecule is CCOc1cc2c(cc1OCC)C[NH+](CC(=O)Nc1cccc(C(=O)NC)c1)CC2. The van der Waals surface area contributed by atoms with Crippen molar-refractivity contribution in [1.29, 1.82) is 0 Å². The van der Waals surface area contributed by atoms with Crippen LogP contribution in [-0.2, 0) is 17.8 Å². The molecule has 0 bridgehead atoms. The van der Waals surface area contributed by atoms with Gasteiger partial charge in [0.2, 0.25) is 0 Å². The van der Waals surface area contributed by atoms with Crippen LogP contribution in [0.4, 0.5) is 5.69 Å². The van der Waals surface area contributed by atoms with Gasteiger partial charge in [-0.15, -0.1) is 0 Å². The van der Waals surface area contributed by atoms with Crippen LogP contribution in [0.2, 0.25) is 0 Å². The normalized spacial score (nSPS) is 15.1. The van der Waals surface area contributed by atoms with Crippen molar-refractivity contribution in [2.45, 2.75) is 26.8 Å². The number of hydrogen-bond acceptors (Lipinski definition) is 4. The molecule has 2 aromatic carbocycles. The summed E-state index contributed by atoms with van der Waals surface area (Å²) < 4.78 is 11.5. The first kappa shape index (κ1) is 21.6. The van der Waals surface area contributed by atoms with Gasteiger partial charge < -0.3 is 25.0 Å². The van der Waals surface area contributed by atoms with Gasteiger partial charge in [-0.3, -0.25) is 9.59 Å². The summed E-state index contributed by atoms with van der Waals surface area (Å²) in [5.74, 6) is 1.30. The largest absolute Gasteiger partial charge is 0.490 e. The highest BCUT2D eigenvalue weighted by Gasteiger charge is 2.24. The molecule has 3 N–H and O–H groups in total. The maximum Gasteiger partial charge on any atom is 0.279 e. The van der Waals surface area contributed by atoms with Gasteiger partial charge in [0.25, 0.3) is 11.8 Å². The summed E-state index contributed by atoms with van der Waals surface area (Å²) in [4.78, 5) is 25.5. The number of ether oxygens (including phenoxy) is 2. The van der Waals surface area contributed by atoms with Gasteiger partial charge in [0.05, 0.1) is 19.8 Å². The van der Waals surface area contributed by atoms with E-state index in [2.05, 4.69) is 16.7 Å². The lowest BCUT2D eigenvalue weighted by molar-refractivity contribution is -0.907. The Morgan fingerprint density at radius 1 is 1.03 bits per heavy atom. The van der Waals surface area contributed by atoms with E-state index in [1.54, 1.807) is 31.3 Å². The number of nitrogens with one attached hydrogen (secondary N) is 3. The lowest BCUT2D eigenvalue weighted by Gasteiger charge is -2.26. The molecule has 0 radical (unpaired) electrons. The van der Waals surface area contributed by atoms with Gasteiger partial charge in [-0.25, -0.2) is 0 Å². The van der Waals surface area contributed by atoms with E-state index in [-0.39, 0.29) is 11.8 Å². The quantitative estimate of drug-likeness (QED) is 0.613. The van der Waals surface area contributed by atoms with Crippen molar-refractivity contribution in [1.82, 2.24) is 5.32 Å². The number of amides is 2. The lowest BCUT2D eigenvalue weighted by atomic mass is 9.98. The van der Waals surface area contributed by atoms with E-state index >= 15 is 0 Å². The van der Waals surface area contributed by atoms with Gasteiger partial charge in [0.15, 0.2) is 18.0 Å². The number of rotatable bonds is 8. The summed E-state index contributed by atoms with van der Waals surface area (Å²) in [5, 5.41) is 5.49. The second-order valence-corrected chi connectivity index (χ2v) is 7.25. The predicted octanol–water partition coefficient (Wildman–Crippen LogP) is 1.42. The molecule has 0 spiro atoms. The van der Waals surface area contributed by atoms with Crippen molar-refractivity contribution in [2.75, 3.05) is 38.7 Å². The Balaban J connectivity index is 1.65.